The molecule has 0 aliphatic carbocycles. The van der Waals surface area contributed by atoms with Crippen molar-refractivity contribution in [2.45, 2.75) is 0 Å². The van der Waals surface area contributed by atoms with Crippen LogP contribution in [0.15, 0.2) is 121 Å². The molecule has 4 aromatic carbocycles. The Morgan fingerprint density at radius 3 is 0.767 bits per heavy atom. The largest absolute Gasteiger partial charge is 1.00 e. The summed E-state index contributed by atoms with van der Waals surface area (Å²) in [5, 5.41) is 5.89. The summed E-state index contributed by atoms with van der Waals surface area (Å²) in [7, 11) is -0.696. The molecule has 0 aromatic heterocycles. The Morgan fingerprint density at radius 2 is 0.567 bits per heavy atom. The van der Waals surface area contributed by atoms with Gasteiger partial charge in [0.1, 0.15) is 0 Å². The second kappa shape index (κ2) is 13.1. The Hall–Kier alpha value is -1.35. The first-order chi connectivity index (χ1) is 13.9. The molecule has 0 radical (unpaired) electrons. The van der Waals surface area contributed by atoms with Crippen LogP contribution in [-0.2, 0) is 19.5 Å². The third-order valence-electron chi connectivity index (χ3n) is 4.82. The zero-order chi connectivity index (χ0) is 19.0. The van der Waals surface area contributed by atoms with Gasteiger partial charge in [-0.25, -0.2) is 0 Å². The molecule has 4 aromatic rings. The van der Waals surface area contributed by atoms with Gasteiger partial charge in [-0.15, -0.1) is 0 Å². The predicted molar refractivity (Wildman–Crippen MR) is 128 cm³/mol. The minimum absolute atomic E-state index is 0. The number of hydrogen-bond donors (Lipinski definition) is 0. The van der Waals surface area contributed by atoms with Crippen molar-refractivity contribution in [2.24, 2.45) is 0 Å². The number of hydrogen-bond acceptors (Lipinski definition) is 0. The van der Waals surface area contributed by atoms with Crippen LogP contribution in [0.2, 0.25) is 0 Å². The SMILES string of the molecule is [Cl-].[Rh+].c1ccc(P(CCP(c2ccccc2)c2ccccc2)c2ccccc2)cc1. The fourth-order valence-corrected chi connectivity index (χ4v) is 8.80. The Balaban J connectivity index is 0.00000160. The molecule has 0 amide bonds. The van der Waals surface area contributed by atoms with Gasteiger partial charge in [-0.05, 0) is 49.4 Å². The minimum Gasteiger partial charge on any atom is -1.00 e. The number of halogens is 1. The van der Waals surface area contributed by atoms with Crippen molar-refractivity contribution in [3.8, 4) is 0 Å². The van der Waals surface area contributed by atoms with Gasteiger partial charge in [0.15, 0.2) is 0 Å². The number of benzene rings is 4. The van der Waals surface area contributed by atoms with Gasteiger partial charge in [0.25, 0.3) is 0 Å². The Morgan fingerprint density at radius 1 is 0.367 bits per heavy atom. The van der Waals surface area contributed by atoms with Crippen molar-refractivity contribution in [3.05, 3.63) is 121 Å². The molecule has 0 atom stereocenters. The summed E-state index contributed by atoms with van der Waals surface area (Å²) in [6, 6.07) is 44.2. The van der Waals surface area contributed by atoms with Crippen LogP contribution in [0.25, 0.3) is 0 Å². The van der Waals surface area contributed by atoms with Gasteiger partial charge < -0.3 is 12.4 Å². The molecule has 0 aliphatic rings. The normalized spacial score (nSPS) is 10.3. The van der Waals surface area contributed by atoms with Gasteiger partial charge in [0.2, 0.25) is 0 Å². The van der Waals surface area contributed by atoms with Crippen LogP contribution in [0.3, 0.4) is 0 Å². The molecule has 0 aliphatic heterocycles. The van der Waals surface area contributed by atoms with Crippen molar-refractivity contribution in [1.29, 1.82) is 0 Å². The third-order valence-corrected chi connectivity index (χ3v) is 10.2. The van der Waals surface area contributed by atoms with E-state index < -0.39 is 0 Å². The molecule has 0 spiro atoms. The molecule has 0 nitrogen and oxygen atoms in total. The first kappa shape index (κ1) is 24.9. The summed E-state index contributed by atoms with van der Waals surface area (Å²) in [6.07, 6.45) is 2.41. The zero-order valence-electron chi connectivity index (χ0n) is 16.6. The molecular formula is C26H24ClP2Rh. The summed E-state index contributed by atoms with van der Waals surface area (Å²) >= 11 is 0. The average molecular weight is 537 g/mol. The maximum absolute atomic E-state index is 2.30. The van der Waals surface area contributed by atoms with Gasteiger partial charge in [-0.2, -0.15) is 0 Å². The number of rotatable bonds is 7. The van der Waals surface area contributed by atoms with Crippen molar-refractivity contribution < 1.29 is 31.9 Å². The summed E-state index contributed by atoms with van der Waals surface area (Å²) < 4.78 is 0. The molecule has 154 valence electrons. The first-order valence-corrected chi connectivity index (χ1v) is 12.7. The molecule has 4 rings (SSSR count). The van der Waals surface area contributed by atoms with Crippen LogP contribution in [-0.4, -0.2) is 12.3 Å². The summed E-state index contributed by atoms with van der Waals surface area (Å²) in [5.74, 6) is 0. The van der Waals surface area contributed by atoms with E-state index in [4.69, 9.17) is 0 Å². The van der Waals surface area contributed by atoms with Crippen LogP contribution in [0.4, 0.5) is 0 Å². The van der Waals surface area contributed by atoms with E-state index >= 15 is 0 Å². The van der Waals surface area contributed by atoms with Gasteiger partial charge in [-0.3, -0.25) is 0 Å². The van der Waals surface area contributed by atoms with Gasteiger partial charge in [0.05, 0.1) is 0 Å². The zero-order valence-corrected chi connectivity index (χ0v) is 20.8. The van der Waals surface area contributed by atoms with Gasteiger partial charge in [-0.1, -0.05) is 121 Å². The summed E-state index contributed by atoms with van der Waals surface area (Å²) in [5.41, 5.74) is 0. The van der Waals surface area contributed by atoms with E-state index in [-0.39, 0.29) is 47.7 Å². The van der Waals surface area contributed by atoms with E-state index in [1.165, 1.54) is 33.5 Å². The van der Waals surface area contributed by atoms with Crippen molar-refractivity contribution >= 4 is 37.1 Å². The molecule has 0 saturated heterocycles. The smallest absolute Gasteiger partial charge is 1.00 e. The topological polar surface area (TPSA) is 0 Å². The van der Waals surface area contributed by atoms with Crippen molar-refractivity contribution in [3.63, 3.8) is 0 Å². The third kappa shape index (κ3) is 6.57. The molecule has 0 bridgehead atoms. The van der Waals surface area contributed by atoms with E-state index in [9.17, 15) is 0 Å². The maximum atomic E-state index is 2.30. The van der Waals surface area contributed by atoms with Gasteiger partial charge >= 0.3 is 19.5 Å². The van der Waals surface area contributed by atoms with Crippen LogP contribution < -0.4 is 33.6 Å². The molecule has 4 heteroatoms. The van der Waals surface area contributed by atoms with E-state index in [1.54, 1.807) is 0 Å². The van der Waals surface area contributed by atoms with Crippen LogP contribution in [0, 0.1) is 0 Å². The molecule has 0 heterocycles. The Kier molecular flexibility index (Phi) is 10.9. The maximum Gasteiger partial charge on any atom is 1.00 e. The van der Waals surface area contributed by atoms with E-state index in [0.717, 1.165) is 0 Å². The molecule has 0 unspecified atom stereocenters. The van der Waals surface area contributed by atoms with Crippen molar-refractivity contribution in [2.75, 3.05) is 12.3 Å². The summed E-state index contributed by atoms with van der Waals surface area (Å²) in [4.78, 5) is 0. The average Bonchev–Trinajstić information content (AvgIpc) is 2.79. The minimum atomic E-state index is -0.348. The van der Waals surface area contributed by atoms with E-state index in [1.807, 2.05) is 0 Å². The standard InChI is InChI=1S/C26H24P2.ClH.Rh/c1-5-13-23(14-6-1)27(24-15-7-2-8-16-24)21-22-28(25-17-9-3-10-18-25)26-19-11-4-12-20-26;;/h1-20H,21-22H2;1H;/q;;+1/p-1. The first-order valence-electron chi connectivity index (χ1n) is 9.67. The monoisotopic (exact) mass is 536 g/mol. The molecular weight excluding hydrogens is 513 g/mol. The molecule has 0 saturated carbocycles. The molecule has 30 heavy (non-hydrogen) atoms. The van der Waals surface area contributed by atoms with E-state index in [0.29, 0.717) is 0 Å². The molecule has 0 fully saturated rings. The Labute approximate surface area is 201 Å². The van der Waals surface area contributed by atoms with Gasteiger partial charge in [0, 0.05) is 0 Å². The fraction of sp³-hybridized carbons (Fsp3) is 0.0769. The Bertz CT molecular complexity index is 805. The quantitative estimate of drug-likeness (QED) is 0.251. The molecule has 0 N–H and O–H groups in total. The second-order valence-electron chi connectivity index (χ2n) is 6.65. The predicted octanol–water partition coefficient (Wildman–Crippen LogP) is 2.25. The van der Waals surface area contributed by atoms with Crippen molar-refractivity contribution in [1.82, 2.24) is 0 Å². The van der Waals surface area contributed by atoms with Crippen LogP contribution >= 0.6 is 15.8 Å². The summed E-state index contributed by atoms with van der Waals surface area (Å²) in [6.45, 7) is 0. The van der Waals surface area contributed by atoms with Crippen LogP contribution in [0.1, 0.15) is 0 Å². The second-order valence-corrected chi connectivity index (χ2v) is 11.3. The fourth-order valence-electron chi connectivity index (χ4n) is 3.45. The van der Waals surface area contributed by atoms with Crippen LogP contribution in [0.5, 0.6) is 0 Å². The van der Waals surface area contributed by atoms with E-state index in [2.05, 4.69) is 121 Å².